The largest absolute Gasteiger partial charge is 0.399 e. The molecular weight excluding hydrogens is 334 g/mol. The average molecular weight is 356 g/mol. The molecule has 0 radical (unpaired) electrons. The average Bonchev–Trinajstić information content (AvgIpc) is 2.47. The maximum atomic E-state index is 14.5. The van der Waals surface area contributed by atoms with Crippen molar-refractivity contribution < 1.29 is 13.6 Å². The van der Waals surface area contributed by atoms with Crippen LogP contribution >= 0.6 is 11.8 Å². The van der Waals surface area contributed by atoms with Crippen LogP contribution in [0.15, 0.2) is 17.1 Å². The quantitative estimate of drug-likeness (QED) is 0.797. The van der Waals surface area contributed by atoms with Crippen molar-refractivity contribution in [2.24, 2.45) is 16.6 Å². The van der Waals surface area contributed by atoms with Crippen LogP contribution in [-0.2, 0) is 10.3 Å². The highest BCUT2D eigenvalue weighted by Crippen LogP contribution is 2.51. The van der Waals surface area contributed by atoms with Gasteiger partial charge in [0.05, 0.1) is 5.54 Å². The number of hydrogen-bond acceptors (Lipinski definition) is 5. The van der Waals surface area contributed by atoms with Gasteiger partial charge in [0.25, 0.3) is 0 Å². The molecular formula is C16H22F2N4OS. The molecule has 3 atom stereocenters. The van der Waals surface area contributed by atoms with Crippen LogP contribution in [0.1, 0.15) is 26.3 Å². The van der Waals surface area contributed by atoms with Gasteiger partial charge in [0, 0.05) is 31.3 Å². The van der Waals surface area contributed by atoms with E-state index in [2.05, 4.69) is 4.99 Å². The van der Waals surface area contributed by atoms with Gasteiger partial charge in [0.2, 0.25) is 5.91 Å². The first kappa shape index (κ1) is 18.5. The van der Waals surface area contributed by atoms with E-state index in [9.17, 15) is 13.6 Å². The van der Waals surface area contributed by atoms with Gasteiger partial charge < -0.3 is 16.4 Å². The number of aliphatic imine (C=N–C) groups is 1. The number of nitrogen functional groups attached to an aromatic ring is 1. The van der Waals surface area contributed by atoms with Gasteiger partial charge in [-0.3, -0.25) is 9.79 Å². The molecule has 0 spiro atoms. The van der Waals surface area contributed by atoms with E-state index < -0.39 is 27.8 Å². The first-order valence-corrected chi connectivity index (χ1v) is 8.26. The van der Waals surface area contributed by atoms with Gasteiger partial charge in [-0.2, -0.15) is 0 Å². The molecule has 1 aromatic rings. The third-order valence-corrected chi connectivity index (χ3v) is 6.01. The SMILES string of the molecule is C[C@@H]1[C@@](C)(C(=O)N(C)C)SC(N)=N[C@]1(C)c1cc(N)cc(F)c1F. The molecule has 0 saturated carbocycles. The summed E-state index contributed by atoms with van der Waals surface area (Å²) in [4.78, 5) is 18.5. The molecule has 1 heterocycles. The Kier molecular flexibility index (Phi) is 4.56. The third kappa shape index (κ3) is 2.72. The molecule has 1 aliphatic heterocycles. The summed E-state index contributed by atoms with van der Waals surface area (Å²) in [5.74, 6) is -2.71. The lowest BCUT2D eigenvalue weighted by Crippen LogP contribution is -2.56. The normalized spacial score (nSPS) is 30.0. The minimum absolute atomic E-state index is 0.00599. The van der Waals surface area contributed by atoms with Crippen LogP contribution in [0.3, 0.4) is 0 Å². The van der Waals surface area contributed by atoms with Crippen molar-refractivity contribution in [1.29, 1.82) is 0 Å². The highest BCUT2D eigenvalue weighted by atomic mass is 32.2. The van der Waals surface area contributed by atoms with Crippen LogP contribution in [-0.4, -0.2) is 34.8 Å². The van der Waals surface area contributed by atoms with Gasteiger partial charge in [-0.15, -0.1) is 0 Å². The third-order valence-electron chi connectivity index (χ3n) is 4.76. The summed E-state index contributed by atoms with van der Waals surface area (Å²) in [6, 6.07) is 2.27. The molecule has 1 aromatic carbocycles. The number of amidine groups is 1. The Labute approximate surface area is 144 Å². The lowest BCUT2D eigenvalue weighted by atomic mass is 9.73. The number of carbonyl (C=O) groups excluding carboxylic acids is 1. The maximum absolute atomic E-state index is 14.5. The molecule has 0 bridgehead atoms. The van der Waals surface area contributed by atoms with E-state index in [0.717, 1.165) is 17.8 Å². The molecule has 0 saturated heterocycles. The topological polar surface area (TPSA) is 84.7 Å². The highest BCUT2D eigenvalue weighted by Gasteiger charge is 2.54. The number of rotatable bonds is 2. The predicted octanol–water partition coefficient (Wildman–Crippen LogP) is 2.31. The van der Waals surface area contributed by atoms with Crippen LogP contribution in [0, 0.1) is 17.6 Å². The Morgan fingerprint density at radius 1 is 1.29 bits per heavy atom. The van der Waals surface area contributed by atoms with E-state index in [1.54, 1.807) is 34.9 Å². The van der Waals surface area contributed by atoms with Crippen LogP contribution in [0.25, 0.3) is 0 Å². The Bertz CT molecular complexity index is 724. The van der Waals surface area contributed by atoms with Gasteiger partial charge >= 0.3 is 0 Å². The molecule has 0 fully saturated rings. The summed E-state index contributed by atoms with van der Waals surface area (Å²) in [5, 5.41) is 0.149. The fraction of sp³-hybridized carbons (Fsp3) is 0.500. The Hall–Kier alpha value is -1.83. The van der Waals surface area contributed by atoms with Crippen LogP contribution in [0.4, 0.5) is 14.5 Å². The van der Waals surface area contributed by atoms with Gasteiger partial charge in [0.1, 0.15) is 4.75 Å². The minimum Gasteiger partial charge on any atom is -0.399 e. The van der Waals surface area contributed by atoms with Crippen molar-refractivity contribution in [1.82, 2.24) is 4.90 Å². The molecule has 4 N–H and O–H groups in total. The zero-order valence-corrected chi connectivity index (χ0v) is 15.2. The highest BCUT2D eigenvalue weighted by molar-refractivity contribution is 8.15. The molecule has 8 heteroatoms. The maximum Gasteiger partial charge on any atom is 0.238 e. The summed E-state index contributed by atoms with van der Waals surface area (Å²) in [7, 11) is 3.28. The van der Waals surface area contributed by atoms with Crippen LogP contribution in [0.2, 0.25) is 0 Å². The zero-order valence-electron chi connectivity index (χ0n) is 14.4. The molecule has 0 aliphatic carbocycles. The first-order valence-electron chi connectivity index (χ1n) is 7.44. The second-order valence-corrected chi connectivity index (χ2v) is 8.06. The van der Waals surface area contributed by atoms with E-state index in [4.69, 9.17) is 11.5 Å². The molecule has 24 heavy (non-hydrogen) atoms. The number of hydrogen-bond donors (Lipinski definition) is 2. The summed E-state index contributed by atoms with van der Waals surface area (Å²) < 4.78 is 27.4. The fourth-order valence-corrected chi connectivity index (χ4v) is 4.48. The number of amides is 1. The monoisotopic (exact) mass is 356 g/mol. The van der Waals surface area contributed by atoms with E-state index >= 15 is 0 Å². The van der Waals surface area contributed by atoms with Crippen molar-refractivity contribution in [3.8, 4) is 0 Å². The van der Waals surface area contributed by atoms with Gasteiger partial charge in [-0.05, 0) is 26.0 Å². The number of halogens is 2. The Morgan fingerprint density at radius 2 is 1.88 bits per heavy atom. The van der Waals surface area contributed by atoms with Gasteiger partial charge in [-0.1, -0.05) is 18.7 Å². The molecule has 2 rings (SSSR count). The zero-order chi connectivity index (χ0) is 18.4. The molecule has 1 aliphatic rings. The van der Waals surface area contributed by atoms with Crippen LogP contribution < -0.4 is 11.5 Å². The smallest absolute Gasteiger partial charge is 0.238 e. The lowest BCUT2D eigenvalue weighted by molar-refractivity contribution is -0.132. The fourth-order valence-electron chi connectivity index (χ4n) is 3.14. The van der Waals surface area contributed by atoms with E-state index in [-0.39, 0.29) is 22.3 Å². The van der Waals surface area contributed by atoms with Crippen molar-refractivity contribution >= 4 is 28.5 Å². The van der Waals surface area contributed by atoms with Crippen molar-refractivity contribution in [2.75, 3.05) is 19.8 Å². The molecule has 5 nitrogen and oxygen atoms in total. The summed E-state index contributed by atoms with van der Waals surface area (Å²) in [6.07, 6.45) is 0. The predicted molar refractivity (Wildman–Crippen MR) is 93.6 cm³/mol. The second-order valence-electron chi connectivity index (χ2n) is 6.59. The summed E-state index contributed by atoms with van der Waals surface area (Å²) >= 11 is 1.13. The number of carbonyl (C=O) groups is 1. The number of nitrogens with two attached hydrogens (primary N) is 2. The van der Waals surface area contributed by atoms with Crippen molar-refractivity contribution in [2.45, 2.75) is 31.1 Å². The number of anilines is 1. The van der Waals surface area contributed by atoms with Gasteiger partial charge in [0.15, 0.2) is 16.8 Å². The first-order chi connectivity index (χ1) is 10.9. The van der Waals surface area contributed by atoms with Gasteiger partial charge in [-0.25, -0.2) is 8.78 Å². The van der Waals surface area contributed by atoms with E-state index in [1.807, 2.05) is 0 Å². The Morgan fingerprint density at radius 3 is 2.42 bits per heavy atom. The van der Waals surface area contributed by atoms with Crippen molar-refractivity contribution in [3.63, 3.8) is 0 Å². The second kappa shape index (κ2) is 5.91. The number of benzene rings is 1. The van der Waals surface area contributed by atoms with E-state index in [1.165, 1.54) is 11.0 Å². The molecule has 1 amide bonds. The molecule has 132 valence electrons. The standard InChI is InChI=1S/C16H22F2N4OS/c1-8-15(2,10-6-9(19)7-11(17)12(10)18)21-14(20)24-16(8,3)13(23)22(4)5/h6-8H,19H2,1-5H3,(H2,20,21)/t8-,15-,16-/m0/s1. The molecule has 0 aromatic heterocycles. The van der Waals surface area contributed by atoms with Crippen molar-refractivity contribution in [3.05, 3.63) is 29.3 Å². The van der Waals surface area contributed by atoms with E-state index in [0.29, 0.717) is 0 Å². The van der Waals surface area contributed by atoms with Crippen LogP contribution in [0.5, 0.6) is 0 Å². The summed E-state index contributed by atoms with van der Waals surface area (Å²) in [6.45, 7) is 5.17. The number of thioether (sulfide) groups is 1. The minimum atomic E-state index is -1.23. The number of nitrogens with zero attached hydrogens (tertiary/aromatic N) is 2. The summed E-state index contributed by atoms with van der Waals surface area (Å²) in [5.41, 5.74) is 10.5. The molecule has 0 unspecified atom stereocenters. The Balaban J connectivity index is 2.69. The lowest BCUT2D eigenvalue weighted by Gasteiger charge is -2.47.